The largest absolute Gasteiger partial charge is 0.524 e. The maximum Gasteiger partial charge on any atom is 0.524 e. The zero-order chi connectivity index (χ0) is 10.2. The fourth-order valence-electron chi connectivity index (χ4n) is 0.656. The molecule has 0 aliphatic heterocycles. The third kappa shape index (κ3) is 1.40. The lowest BCUT2D eigenvalue weighted by atomic mass is 10.0. The Bertz CT molecular complexity index is 202. The lowest BCUT2D eigenvalue weighted by molar-refractivity contribution is -0.814. The van der Waals surface area contributed by atoms with E-state index in [2.05, 4.69) is 0 Å². The molecule has 5 heteroatoms. The van der Waals surface area contributed by atoms with Gasteiger partial charge in [0, 0.05) is 0 Å². The van der Waals surface area contributed by atoms with Gasteiger partial charge in [-0.3, -0.25) is 0 Å². The molecule has 0 aliphatic rings. The van der Waals surface area contributed by atoms with Crippen molar-refractivity contribution in [3.05, 3.63) is 0 Å². The van der Waals surface area contributed by atoms with Gasteiger partial charge in [-0.1, -0.05) is 0 Å². The number of carbonyl (C=O) groups is 2. The van der Waals surface area contributed by atoms with E-state index in [1.54, 1.807) is 20.8 Å². The molecule has 70 valence electrons. The minimum absolute atomic E-state index is 0.863. The van der Waals surface area contributed by atoms with E-state index < -0.39 is 22.2 Å². The molecule has 0 saturated heterocycles. The molecule has 2 N–H and O–H groups in total. The quantitative estimate of drug-likeness (QED) is 0.549. The van der Waals surface area contributed by atoms with Crippen molar-refractivity contribution < 1.29 is 24.3 Å². The molecular formula is C7H14NO4+. The monoisotopic (exact) mass is 176 g/mol. The number of hydrogen-bond acceptors (Lipinski definition) is 2. The van der Waals surface area contributed by atoms with Crippen LogP contribution in [0.4, 0.5) is 9.59 Å². The second kappa shape index (κ2) is 2.75. The van der Waals surface area contributed by atoms with Crippen LogP contribution in [0.3, 0.4) is 0 Å². The van der Waals surface area contributed by atoms with Gasteiger partial charge in [0.25, 0.3) is 0 Å². The van der Waals surface area contributed by atoms with E-state index in [0.717, 1.165) is 7.05 Å². The lowest BCUT2D eigenvalue weighted by Gasteiger charge is -2.34. The van der Waals surface area contributed by atoms with Gasteiger partial charge in [0.05, 0.1) is 7.05 Å². The van der Waals surface area contributed by atoms with Crippen molar-refractivity contribution in [2.45, 2.75) is 26.3 Å². The molecule has 0 bridgehead atoms. The van der Waals surface area contributed by atoms with Crippen LogP contribution in [0.1, 0.15) is 20.8 Å². The molecule has 0 saturated carbocycles. The summed E-state index contributed by atoms with van der Waals surface area (Å²) in [6.45, 7) is 4.69. The van der Waals surface area contributed by atoms with E-state index in [1.165, 1.54) is 0 Å². The molecule has 0 fully saturated rings. The van der Waals surface area contributed by atoms with E-state index in [-0.39, 0.29) is 0 Å². The standard InChI is InChI=1S/C7H13NO4/c1-7(2,3)8(4,5(9)10)6(11)12/h1-4H3,(H-,9,10,11,12)/p+1. The molecule has 0 rings (SSSR count). The van der Waals surface area contributed by atoms with E-state index in [4.69, 9.17) is 10.2 Å². The second-order valence-corrected chi connectivity index (χ2v) is 3.74. The van der Waals surface area contributed by atoms with Gasteiger partial charge in [-0.2, -0.15) is 9.59 Å². The molecule has 0 heterocycles. The Balaban J connectivity index is 5.17. The topological polar surface area (TPSA) is 74.6 Å². The van der Waals surface area contributed by atoms with E-state index >= 15 is 0 Å². The Morgan fingerprint density at radius 1 is 1.08 bits per heavy atom. The first-order valence-corrected chi connectivity index (χ1v) is 3.47. The fourth-order valence-corrected chi connectivity index (χ4v) is 0.656. The Kier molecular flexibility index (Phi) is 2.49. The highest BCUT2D eigenvalue weighted by Gasteiger charge is 2.51. The number of hydrogen-bond donors (Lipinski definition) is 2. The third-order valence-corrected chi connectivity index (χ3v) is 2.11. The zero-order valence-electron chi connectivity index (χ0n) is 7.66. The van der Waals surface area contributed by atoms with Crippen molar-refractivity contribution in [2.24, 2.45) is 0 Å². The highest BCUT2D eigenvalue weighted by atomic mass is 16.4. The van der Waals surface area contributed by atoms with Crippen LogP contribution >= 0.6 is 0 Å². The van der Waals surface area contributed by atoms with Crippen molar-refractivity contribution in [3.63, 3.8) is 0 Å². The van der Waals surface area contributed by atoms with Gasteiger partial charge < -0.3 is 10.2 Å². The van der Waals surface area contributed by atoms with Gasteiger partial charge in [-0.05, 0) is 20.8 Å². The molecule has 0 aromatic heterocycles. The fraction of sp³-hybridized carbons (Fsp3) is 0.714. The summed E-state index contributed by atoms with van der Waals surface area (Å²) in [5.74, 6) is 0. The third-order valence-electron chi connectivity index (χ3n) is 2.11. The minimum atomic E-state index is -1.37. The lowest BCUT2D eigenvalue weighted by Crippen LogP contribution is -2.63. The number of rotatable bonds is 0. The molecule has 0 spiro atoms. The highest BCUT2D eigenvalue weighted by Crippen LogP contribution is 2.22. The summed E-state index contributed by atoms with van der Waals surface area (Å²) in [5, 5.41) is 17.5. The van der Waals surface area contributed by atoms with Crippen molar-refractivity contribution in [1.29, 1.82) is 0 Å². The average molecular weight is 176 g/mol. The first-order valence-electron chi connectivity index (χ1n) is 3.47. The van der Waals surface area contributed by atoms with E-state index in [9.17, 15) is 9.59 Å². The van der Waals surface area contributed by atoms with E-state index in [1.807, 2.05) is 0 Å². The highest BCUT2D eigenvalue weighted by molar-refractivity contribution is 5.74. The summed E-state index contributed by atoms with van der Waals surface area (Å²) in [7, 11) is 1.16. The molecular weight excluding hydrogens is 162 g/mol. The van der Waals surface area contributed by atoms with Crippen LogP contribution in [0.5, 0.6) is 0 Å². The van der Waals surface area contributed by atoms with Crippen molar-refractivity contribution in [3.8, 4) is 0 Å². The summed E-state index contributed by atoms with van der Waals surface area (Å²) in [6, 6.07) is 0. The van der Waals surface area contributed by atoms with Gasteiger partial charge in [-0.15, -0.1) is 4.48 Å². The Hall–Kier alpha value is -1.10. The SMILES string of the molecule is CC(C)(C)[N+](C)(C(=O)O)C(=O)O. The van der Waals surface area contributed by atoms with Gasteiger partial charge >= 0.3 is 12.2 Å². The number of carboxylic acid groups (broad SMARTS) is 2. The first kappa shape index (κ1) is 10.9. The smallest absolute Gasteiger partial charge is 0.435 e. The summed E-state index contributed by atoms with van der Waals surface area (Å²) in [4.78, 5) is 21.4. The second-order valence-electron chi connectivity index (χ2n) is 3.74. The average Bonchev–Trinajstić information content (AvgIpc) is 1.82. The van der Waals surface area contributed by atoms with Crippen molar-refractivity contribution in [1.82, 2.24) is 0 Å². The number of nitrogens with zero attached hydrogens (tertiary/aromatic N) is 1. The molecule has 0 unspecified atom stereocenters. The normalized spacial score (nSPS) is 12.7. The van der Waals surface area contributed by atoms with Gasteiger partial charge in [-0.25, -0.2) is 0 Å². The molecule has 0 aromatic rings. The van der Waals surface area contributed by atoms with Crippen LogP contribution in [0.2, 0.25) is 0 Å². The summed E-state index contributed by atoms with van der Waals surface area (Å²) in [5.41, 5.74) is -0.863. The molecule has 12 heavy (non-hydrogen) atoms. The maximum absolute atomic E-state index is 10.7. The maximum atomic E-state index is 10.7. The molecule has 0 atom stereocenters. The molecule has 0 aliphatic carbocycles. The van der Waals surface area contributed by atoms with Gasteiger partial charge in [0.2, 0.25) is 0 Å². The number of amides is 2. The summed E-state index contributed by atoms with van der Waals surface area (Å²) >= 11 is 0. The van der Waals surface area contributed by atoms with Gasteiger partial charge in [0.1, 0.15) is 5.54 Å². The van der Waals surface area contributed by atoms with Crippen LogP contribution in [-0.2, 0) is 0 Å². The van der Waals surface area contributed by atoms with E-state index in [0.29, 0.717) is 0 Å². The molecule has 5 nitrogen and oxygen atoms in total. The Morgan fingerprint density at radius 3 is 1.33 bits per heavy atom. The van der Waals surface area contributed by atoms with Crippen LogP contribution in [-0.4, -0.2) is 39.5 Å². The Morgan fingerprint density at radius 2 is 1.33 bits per heavy atom. The zero-order valence-corrected chi connectivity index (χ0v) is 7.66. The predicted octanol–water partition coefficient (Wildman–Crippen LogP) is 1.59. The van der Waals surface area contributed by atoms with Crippen LogP contribution in [0.25, 0.3) is 0 Å². The summed E-state index contributed by atoms with van der Waals surface area (Å²) < 4.78 is -1.03. The molecule has 0 radical (unpaired) electrons. The molecule has 2 amide bonds. The van der Waals surface area contributed by atoms with Crippen LogP contribution < -0.4 is 0 Å². The Labute approximate surface area is 70.8 Å². The van der Waals surface area contributed by atoms with Crippen LogP contribution in [0.15, 0.2) is 0 Å². The molecule has 0 aromatic carbocycles. The van der Waals surface area contributed by atoms with Gasteiger partial charge in [0.15, 0.2) is 0 Å². The van der Waals surface area contributed by atoms with Crippen LogP contribution in [0, 0.1) is 0 Å². The van der Waals surface area contributed by atoms with Crippen molar-refractivity contribution in [2.75, 3.05) is 7.05 Å². The number of quaternary nitrogens is 1. The number of imide groups is 1. The first-order chi connectivity index (χ1) is 5.14. The minimum Gasteiger partial charge on any atom is -0.435 e. The summed E-state index contributed by atoms with van der Waals surface area (Å²) in [6.07, 6.45) is -2.73. The predicted molar refractivity (Wildman–Crippen MR) is 42.0 cm³/mol. The van der Waals surface area contributed by atoms with Crippen molar-refractivity contribution >= 4 is 12.2 Å².